The van der Waals surface area contributed by atoms with Gasteiger partial charge in [0.25, 0.3) is 0 Å². The van der Waals surface area contributed by atoms with Gasteiger partial charge < -0.3 is 14.5 Å². The van der Waals surface area contributed by atoms with Gasteiger partial charge in [-0.1, -0.05) is 36.9 Å². The van der Waals surface area contributed by atoms with Gasteiger partial charge in [0.05, 0.1) is 23.5 Å². The summed E-state index contributed by atoms with van der Waals surface area (Å²) in [7, 11) is 2.18. The number of fused-ring (bicyclic) bond motifs is 2. The van der Waals surface area contributed by atoms with Crippen molar-refractivity contribution in [1.29, 1.82) is 0 Å². The average molecular weight is 540 g/mol. The number of ether oxygens (including phenoxy) is 1. The minimum absolute atomic E-state index is 0.00231. The highest BCUT2D eigenvalue weighted by Crippen LogP contribution is 2.37. The molecule has 2 fully saturated rings. The third-order valence-electron chi connectivity index (χ3n) is 9.52. The minimum Gasteiger partial charge on any atom is -0.461 e. The summed E-state index contributed by atoms with van der Waals surface area (Å²) in [5.74, 6) is 0.311. The van der Waals surface area contributed by atoms with Crippen LogP contribution >= 0.6 is 0 Å². The highest BCUT2D eigenvalue weighted by molar-refractivity contribution is 5.97. The second-order valence-corrected chi connectivity index (χ2v) is 12.1. The van der Waals surface area contributed by atoms with Crippen LogP contribution in [0.5, 0.6) is 6.01 Å². The lowest BCUT2D eigenvalue weighted by Crippen LogP contribution is -2.43. The summed E-state index contributed by atoms with van der Waals surface area (Å²) in [6.45, 7) is 12.9. The molecule has 0 bridgehead atoms. The first-order valence-corrected chi connectivity index (χ1v) is 14.7. The number of likely N-dealkylation sites (tertiary alicyclic amines) is 2. The van der Waals surface area contributed by atoms with Crippen molar-refractivity contribution >= 4 is 22.4 Å². The molecule has 0 saturated carbocycles. The number of rotatable bonds is 6. The molecule has 2 saturated heterocycles. The summed E-state index contributed by atoms with van der Waals surface area (Å²) in [5, 5.41) is 2.58. The van der Waals surface area contributed by atoms with Gasteiger partial charge in [-0.15, -0.1) is 0 Å². The van der Waals surface area contributed by atoms with Gasteiger partial charge >= 0.3 is 6.01 Å². The highest BCUT2D eigenvalue weighted by Gasteiger charge is 2.36. The van der Waals surface area contributed by atoms with Crippen molar-refractivity contribution in [2.75, 3.05) is 44.7 Å². The summed E-state index contributed by atoms with van der Waals surface area (Å²) < 4.78 is 6.41. The Kier molecular flexibility index (Phi) is 7.26. The van der Waals surface area contributed by atoms with E-state index < -0.39 is 0 Å². The van der Waals surface area contributed by atoms with E-state index in [-0.39, 0.29) is 11.4 Å². The molecule has 7 nitrogen and oxygen atoms in total. The maximum absolute atomic E-state index is 12.2. The van der Waals surface area contributed by atoms with Crippen LogP contribution < -0.4 is 9.64 Å². The molecule has 0 spiro atoms. The van der Waals surface area contributed by atoms with E-state index >= 15 is 0 Å². The van der Waals surface area contributed by atoms with Crippen LogP contribution in [-0.2, 0) is 17.8 Å². The number of carbonyl (C=O) groups is 1. The van der Waals surface area contributed by atoms with E-state index in [1.54, 1.807) is 0 Å². The number of likely N-dealkylation sites (N-methyl/N-ethyl adjacent to an activating group) is 1. The first-order chi connectivity index (χ1) is 19.4. The Morgan fingerprint density at radius 3 is 2.62 bits per heavy atom. The van der Waals surface area contributed by atoms with E-state index in [1.165, 1.54) is 40.1 Å². The third-order valence-corrected chi connectivity index (χ3v) is 9.52. The number of anilines is 1. The molecule has 3 aliphatic heterocycles. The van der Waals surface area contributed by atoms with E-state index in [2.05, 4.69) is 73.7 Å². The van der Waals surface area contributed by atoms with Gasteiger partial charge in [0.15, 0.2) is 0 Å². The molecular formula is C33H41N5O2. The highest BCUT2D eigenvalue weighted by atomic mass is 16.5. The number of piperidine rings is 1. The first-order valence-electron chi connectivity index (χ1n) is 14.7. The van der Waals surface area contributed by atoms with Crippen LogP contribution in [-0.4, -0.2) is 71.0 Å². The second-order valence-electron chi connectivity index (χ2n) is 12.1. The van der Waals surface area contributed by atoms with Gasteiger partial charge in [-0.05, 0) is 88.2 Å². The van der Waals surface area contributed by atoms with Crippen LogP contribution in [0.3, 0.4) is 0 Å². The molecule has 0 N–H and O–H groups in total. The number of aryl methyl sites for hydroxylation is 1. The summed E-state index contributed by atoms with van der Waals surface area (Å²) in [6, 6.07) is 13.6. The van der Waals surface area contributed by atoms with E-state index in [0.717, 1.165) is 69.8 Å². The SMILES string of the molecule is C=CC(=O)N1CCC(c2nc(OC[C@]3(C)CCCN3C)nc3c2CCN(c2cccc4cccc(C)c24)C3)CC1. The monoisotopic (exact) mass is 539 g/mol. The molecule has 40 heavy (non-hydrogen) atoms. The Bertz CT molecular complexity index is 1420. The number of hydrogen-bond donors (Lipinski definition) is 0. The Morgan fingerprint density at radius 1 is 1.12 bits per heavy atom. The lowest BCUT2D eigenvalue weighted by atomic mass is 9.87. The lowest BCUT2D eigenvalue weighted by molar-refractivity contribution is -0.127. The molecule has 0 radical (unpaired) electrons. The quantitative estimate of drug-likeness (QED) is 0.399. The first kappa shape index (κ1) is 26.8. The summed E-state index contributed by atoms with van der Waals surface area (Å²) in [4.78, 5) is 29.1. The predicted molar refractivity (Wildman–Crippen MR) is 160 cm³/mol. The van der Waals surface area contributed by atoms with Gasteiger partial charge in [0.1, 0.15) is 6.61 Å². The standard InChI is InChI=1S/C33H41N5O2/c1-5-29(39)37-18-13-25(14-19-37)31-26-15-20-38(28-12-7-11-24-10-6-9-23(2)30(24)28)21-27(26)34-32(35-31)40-22-33(3)16-8-17-36(33)4/h5-7,9-12,25H,1,8,13-22H2,2-4H3/t33-/m0/s1. The molecule has 3 aliphatic rings. The Balaban J connectivity index is 1.32. The number of carbonyl (C=O) groups excluding carboxylic acids is 1. The molecule has 1 atom stereocenters. The van der Waals surface area contributed by atoms with Crippen molar-refractivity contribution in [3.63, 3.8) is 0 Å². The Morgan fingerprint density at radius 2 is 1.90 bits per heavy atom. The Labute approximate surface area is 237 Å². The van der Waals surface area contributed by atoms with Crippen LogP contribution in [0.25, 0.3) is 10.8 Å². The van der Waals surface area contributed by atoms with Crippen molar-refractivity contribution in [2.24, 2.45) is 0 Å². The van der Waals surface area contributed by atoms with Crippen molar-refractivity contribution in [3.8, 4) is 6.01 Å². The van der Waals surface area contributed by atoms with Crippen LogP contribution in [0.15, 0.2) is 49.1 Å². The smallest absolute Gasteiger partial charge is 0.316 e. The molecule has 0 aliphatic carbocycles. The summed E-state index contributed by atoms with van der Waals surface area (Å²) in [5.41, 5.74) is 6.04. The maximum Gasteiger partial charge on any atom is 0.316 e. The molecular weight excluding hydrogens is 498 g/mol. The van der Waals surface area contributed by atoms with E-state index in [0.29, 0.717) is 18.5 Å². The molecule has 6 rings (SSSR count). The van der Waals surface area contributed by atoms with Crippen molar-refractivity contribution in [2.45, 2.75) is 64.0 Å². The van der Waals surface area contributed by atoms with Crippen molar-refractivity contribution in [1.82, 2.24) is 19.8 Å². The lowest BCUT2D eigenvalue weighted by Gasteiger charge is -2.36. The molecule has 4 heterocycles. The Hall–Kier alpha value is -3.45. The van der Waals surface area contributed by atoms with E-state index in [9.17, 15) is 4.79 Å². The molecule has 3 aromatic rings. The molecule has 1 aromatic heterocycles. The zero-order chi connectivity index (χ0) is 27.9. The van der Waals surface area contributed by atoms with Crippen LogP contribution in [0, 0.1) is 6.92 Å². The third kappa shape index (κ3) is 4.96. The zero-order valence-corrected chi connectivity index (χ0v) is 24.2. The van der Waals surface area contributed by atoms with E-state index in [4.69, 9.17) is 14.7 Å². The van der Waals surface area contributed by atoms with Crippen molar-refractivity contribution < 1.29 is 9.53 Å². The summed E-state index contributed by atoms with van der Waals surface area (Å²) in [6.07, 6.45) is 6.42. The molecule has 0 unspecified atom stereocenters. The normalized spacial score (nSPS) is 22.0. The molecule has 1 amide bonds. The largest absolute Gasteiger partial charge is 0.461 e. The number of aromatic nitrogens is 2. The number of hydrogen-bond acceptors (Lipinski definition) is 6. The van der Waals surface area contributed by atoms with Crippen LogP contribution in [0.2, 0.25) is 0 Å². The van der Waals surface area contributed by atoms with E-state index in [1.807, 2.05) is 4.90 Å². The maximum atomic E-state index is 12.2. The fourth-order valence-corrected chi connectivity index (χ4v) is 6.88. The average Bonchev–Trinajstić information content (AvgIpc) is 3.32. The van der Waals surface area contributed by atoms with Gasteiger partial charge in [0, 0.05) is 36.6 Å². The fourth-order valence-electron chi connectivity index (χ4n) is 6.88. The van der Waals surface area contributed by atoms with Crippen LogP contribution in [0.4, 0.5) is 5.69 Å². The molecule has 7 heteroatoms. The number of benzene rings is 2. The topological polar surface area (TPSA) is 61.8 Å². The number of nitrogens with zero attached hydrogens (tertiary/aromatic N) is 5. The number of amides is 1. The predicted octanol–water partition coefficient (Wildman–Crippen LogP) is 5.26. The summed E-state index contributed by atoms with van der Waals surface area (Å²) >= 11 is 0. The molecule has 2 aromatic carbocycles. The van der Waals surface area contributed by atoms with Crippen LogP contribution in [0.1, 0.15) is 61.0 Å². The molecule has 210 valence electrons. The van der Waals surface area contributed by atoms with Gasteiger partial charge in [0.2, 0.25) is 5.91 Å². The van der Waals surface area contributed by atoms with Gasteiger partial charge in [-0.25, -0.2) is 0 Å². The van der Waals surface area contributed by atoms with Crippen molar-refractivity contribution in [3.05, 3.63) is 71.6 Å². The minimum atomic E-state index is 0.00231. The van der Waals surface area contributed by atoms with Gasteiger partial charge in [-0.2, -0.15) is 9.97 Å². The fraction of sp³-hybridized carbons (Fsp3) is 0.485. The second kappa shape index (κ2) is 10.8. The zero-order valence-electron chi connectivity index (χ0n) is 24.2. The van der Waals surface area contributed by atoms with Gasteiger partial charge in [-0.3, -0.25) is 9.69 Å².